The number of ether oxygens (including phenoxy) is 1. The number of carbonyl (C=O) groups is 1. The summed E-state index contributed by atoms with van der Waals surface area (Å²) in [7, 11) is 1.48. The molecule has 0 spiro atoms. The van der Waals surface area contributed by atoms with Gasteiger partial charge in [0.25, 0.3) is 5.91 Å². The van der Waals surface area contributed by atoms with Gasteiger partial charge in [0, 0.05) is 11.6 Å². The van der Waals surface area contributed by atoms with Gasteiger partial charge in [-0.2, -0.15) is 5.10 Å². The number of nitrogens with zero attached hydrogens (tertiary/aromatic N) is 2. The summed E-state index contributed by atoms with van der Waals surface area (Å²) in [4.78, 5) is 12.5. The summed E-state index contributed by atoms with van der Waals surface area (Å²) < 4.78 is 6.98. The maximum Gasteiger partial charge on any atom is 0.256 e. The van der Waals surface area contributed by atoms with Crippen LogP contribution in [0.2, 0.25) is 10.0 Å². The van der Waals surface area contributed by atoms with Crippen LogP contribution in [-0.2, 0) is 0 Å². The fourth-order valence-corrected chi connectivity index (χ4v) is 3.57. The third kappa shape index (κ3) is 3.31. The molecule has 2 aromatic rings. The number of carbonyl (C=O) groups excluding carboxylic acids is 1. The van der Waals surface area contributed by atoms with Crippen LogP contribution in [0, 0.1) is 0 Å². The van der Waals surface area contributed by atoms with Crippen molar-refractivity contribution < 1.29 is 9.53 Å². The number of rotatable bonds is 4. The lowest BCUT2D eigenvalue weighted by Gasteiger charge is -2.15. The summed E-state index contributed by atoms with van der Waals surface area (Å²) in [6, 6.07) is 5.22. The highest BCUT2D eigenvalue weighted by molar-refractivity contribution is 6.37. The predicted molar refractivity (Wildman–Crippen MR) is 90.7 cm³/mol. The van der Waals surface area contributed by atoms with E-state index in [0.29, 0.717) is 33.2 Å². The zero-order chi connectivity index (χ0) is 16.4. The van der Waals surface area contributed by atoms with Crippen molar-refractivity contribution in [3.8, 4) is 5.75 Å². The second-order valence-corrected chi connectivity index (χ2v) is 6.34. The molecular formula is C16H17Cl2N3O2. The van der Waals surface area contributed by atoms with Crippen molar-refractivity contribution in [3.63, 3.8) is 0 Å². The highest BCUT2D eigenvalue weighted by Gasteiger charge is 2.21. The third-order valence-corrected chi connectivity index (χ3v) is 4.61. The summed E-state index contributed by atoms with van der Waals surface area (Å²) in [6.07, 6.45) is 6.26. The highest BCUT2D eigenvalue weighted by atomic mass is 35.5. The van der Waals surface area contributed by atoms with Crippen LogP contribution in [0.4, 0.5) is 5.82 Å². The fraction of sp³-hybridized carbons (Fsp3) is 0.375. The molecular weight excluding hydrogens is 337 g/mol. The second-order valence-electron chi connectivity index (χ2n) is 5.53. The zero-order valence-electron chi connectivity index (χ0n) is 12.7. The van der Waals surface area contributed by atoms with Crippen molar-refractivity contribution in [1.82, 2.24) is 9.78 Å². The standard InChI is InChI=1S/C16H17Cl2N3O2/c1-23-15-12(17)8-10(9-13(15)18)16(22)20-14-6-7-19-21(14)11-4-2-3-5-11/h6-9,11H,2-5H2,1H3,(H,20,22). The number of anilines is 1. The lowest BCUT2D eigenvalue weighted by atomic mass is 10.2. The van der Waals surface area contributed by atoms with E-state index in [2.05, 4.69) is 10.4 Å². The first-order valence-electron chi connectivity index (χ1n) is 7.48. The average molecular weight is 354 g/mol. The largest absolute Gasteiger partial charge is 0.494 e. The normalized spacial score (nSPS) is 14.9. The summed E-state index contributed by atoms with van der Waals surface area (Å²) >= 11 is 12.2. The van der Waals surface area contributed by atoms with Gasteiger partial charge in [-0.1, -0.05) is 36.0 Å². The first-order chi connectivity index (χ1) is 11.1. The molecule has 1 aromatic heterocycles. The Bertz CT molecular complexity index is 701. The first-order valence-corrected chi connectivity index (χ1v) is 8.23. The van der Waals surface area contributed by atoms with Crippen LogP contribution < -0.4 is 10.1 Å². The zero-order valence-corrected chi connectivity index (χ0v) is 14.2. The second kappa shape index (κ2) is 6.81. The van der Waals surface area contributed by atoms with Crippen LogP contribution in [0.5, 0.6) is 5.75 Å². The Hall–Kier alpha value is -1.72. The van der Waals surface area contributed by atoms with Gasteiger partial charge in [0.05, 0.1) is 29.4 Å². The molecule has 1 aromatic carbocycles. The Morgan fingerprint density at radius 1 is 1.30 bits per heavy atom. The van der Waals surface area contributed by atoms with Gasteiger partial charge in [-0.25, -0.2) is 4.68 Å². The maximum atomic E-state index is 12.5. The average Bonchev–Trinajstić information content (AvgIpc) is 3.17. The Balaban J connectivity index is 1.81. The molecule has 0 unspecified atom stereocenters. The van der Waals surface area contributed by atoms with E-state index in [1.165, 1.54) is 32.1 Å². The van der Waals surface area contributed by atoms with Crippen molar-refractivity contribution >= 4 is 34.9 Å². The van der Waals surface area contributed by atoms with Gasteiger partial charge < -0.3 is 10.1 Å². The van der Waals surface area contributed by atoms with Crippen LogP contribution >= 0.6 is 23.2 Å². The molecule has 3 rings (SSSR count). The van der Waals surface area contributed by atoms with Crippen molar-refractivity contribution in [2.45, 2.75) is 31.7 Å². The summed E-state index contributed by atoms with van der Waals surface area (Å²) in [6.45, 7) is 0. The van der Waals surface area contributed by atoms with E-state index >= 15 is 0 Å². The van der Waals surface area contributed by atoms with Gasteiger partial charge in [0.15, 0.2) is 5.75 Å². The molecule has 1 N–H and O–H groups in total. The van der Waals surface area contributed by atoms with E-state index in [9.17, 15) is 4.79 Å². The van der Waals surface area contributed by atoms with Gasteiger partial charge in [0.2, 0.25) is 0 Å². The van der Waals surface area contributed by atoms with Gasteiger partial charge in [-0.3, -0.25) is 4.79 Å². The predicted octanol–water partition coefficient (Wildman–Crippen LogP) is 4.57. The maximum absolute atomic E-state index is 12.5. The fourth-order valence-electron chi connectivity index (χ4n) is 2.93. The van der Waals surface area contributed by atoms with Crippen molar-refractivity contribution in [2.75, 3.05) is 12.4 Å². The summed E-state index contributed by atoms with van der Waals surface area (Å²) in [5, 5.41) is 7.82. The molecule has 5 nitrogen and oxygen atoms in total. The molecule has 0 atom stereocenters. The van der Waals surface area contributed by atoms with Crippen LogP contribution in [0.25, 0.3) is 0 Å². The van der Waals surface area contributed by atoms with E-state index in [4.69, 9.17) is 27.9 Å². The highest BCUT2D eigenvalue weighted by Crippen LogP contribution is 2.34. The van der Waals surface area contributed by atoms with E-state index in [0.717, 1.165) is 12.8 Å². The van der Waals surface area contributed by atoms with Crippen molar-refractivity contribution in [1.29, 1.82) is 0 Å². The monoisotopic (exact) mass is 353 g/mol. The molecule has 122 valence electrons. The summed E-state index contributed by atoms with van der Waals surface area (Å²) in [5.74, 6) is 0.766. The minimum atomic E-state index is -0.281. The molecule has 1 saturated carbocycles. The first kappa shape index (κ1) is 16.1. The third-order valence-electron chi connectivity index (χ3n) is 4.05. The summed E-state index contributed by atoms with van der Waals surface area (Å²) in [5.41, 5.74) is 0.375. The van der Waals surface area contributed by atoms with E-state index in [1.807, 2.05) is 4.68 Å². The molecule has 0 saturated heterocycles. The molecule has 1 amide bonds. The van der Waals surface area contributed by atoms with Crippen LogP contribution in [0.1, 0.15) is 42.1 Å². The Labute approximate surface area is 144 Å². The van der Waals surface area contributed by atoms with E-state index < -0.39 is 0 Å². The number of halogens is 2. The lowest BCUT2D eigenvalue weighted by molar-refractivity contribution is 0.102. The Kier molecular flexibility index (Phi) is 4.78. The number of hydrogen-bond donors (Lipinski definition) is 1. The SMILES string of the molecule is COc1c(Cl)cc(C(=O)Nc2ccnn2C2CCCC2)cc1Cl. The number of methoxy groups -OCH3 is 1. The lowest BCUT2D eigenvalue weighted by Crippen LogP contribution is -2.17. The van der Waals surface area contributed by atoms with Crippen LogP contribution in [-0.4, -0.2) is 22.8 Å². The Morgan fingerprint density at radius 2 is 1.96 bits per heavy atom. The number of amides is 1. The number of hydrogen-bond acceptors (Lipinski definition) is 3. The molecule has 0 aliphatic heterocycles. The Morgan fingerprint density at radius 3 is 2.57 bits per heavy atom. The molecule has 1 aliphatic carbocycles. The minimum absolute atomic E-state index is 0.281. The molecule has 23 heavy (non-hydrogen) atoms. The quantitative estimate of drug-likeness (QED) is 0.875. The smallest absolute Gasteiger partial charge is 0.256 e. The number of benzene rings is 1. The van der Waals surface area contributed by atoms with E-state index in [-0.39, 0.29) is 5.91 Å². The minimum Gasteiger partial charge on any atom is -0.494 e. The molecule has 7 heteroatoms. The molecule has 0 bridgehead atoms. The van der Waals surface area contributed by atoms with Crippen molar-refractivity contribution in [3.05, 3.63) is 40.0 Å². The van der Waals surface area contributed by atoms with Crippen molar-refractivity contribution in [2.24, 2.45) is 0 Å². The van der Waals surface area contributed by atoms with Gasteiger partial charge in [-0.05, 0) is 25.0 Å². The van der Waals surface area contributed by atoms with E-state index in [1.54, 1.807) is 12.3 Å². The van der Waals surface area contributed by atoms with Crippen LogP contribution in [0.15, 0.2) is 24.4 Å². The molecule has 0 radical (unpaired) electrons. The van der Waals surface area contributed by atoms with Gasteiger partial charge in [-0.15, -0.1) is 0 Å². The molecule has 1 aliphatic rings. The number of nitrogens with one attached hydrogen (secondary N) is 1. The topological polar surface area (TPSA) is 56.1 Å². The van der Waals surface area contributed by atoms with Gasteiger partial charge >= 0.3 is 0 Å². The molecule has 1 heterocycles. The van der Waals surface area contributed by atoms with Gasteiger partial charge in [0.1, 0.15) is 5.82 Å². The molecule has 1 fully saturated rings. The number of aromatic nitrogens is 2. The van der Waals surface area contributed by atoms with Crippen LogP contribution in [0.3, 0.4) is 0 Å².